The van der Waals surface area contributed by atoms with Crippen molar-refractivity contribution < 1.29 is 0 Å². The second-order valence-corrected chi connectivity index (χ2v) is 3.97. The topological polar surface area (TPSA) is 33.1 Å². The third kappa shape index (κ3) is 3.52. The van der Waals surface area contributed by atoms with E-state index in [1.165, 1.54) is 5.69 Å². The lowest BCUT2D eigenvalue weighted by Crippen LogP contribution is -2.28. The predicted molar refractivity (Wildman–Crippen MR) is 68.9 cm³/mol. The molecule has 1 aromatic heterocycles. The summed E-state index contributed by atoms with van der Waals surface area (Å²) >= 11 is 0. The molecular formula is C12H24N4. The van der Waals surface area contributed by atoms with E-state index in [1.807, 2.05) is 11.7 Å². The van der Waals surface area contributed by atoms with Gasteiger partial charge in [-0.25, -0.2) is 0 Å². The first-order chi connectivity index (χ1) is 7.71. The molecule has 0 unspecified atom stereocenters. The number of hydrogen-bond donors (Lipinski definition) is 1. The molecule has 1 heterocycles. The smallest absolute Gasteiger partial charge is 0.0853 e. The van der Waals surface area contributed by atoms with Crippen LogP contribution in [-0.4, -0.2) is 40.9 Å². The van der Waals surface area contributed by atoms with E-state index < -0.39 is 0 Å². The van der Waals surface area contributed by atoms with Crippen molar-refractivity contribution in [2.45, 2.75) is 27.2 Å². The second kappa shape index (κ2) is 6.53. The van der Waals surface area contributed by atoms with Crippen LogP contribution >= 0.6 is 0 Å². The molecule has 1 aromatic rings. The highest BCUT2D eigenvalue weighted by molar-refractivity contribution is 5.46. The van der Waals surface area contributed by atoms with Gasteiger partial charge in [-0.1, -0.05) is 20.8 Å². The molecule has 0 aromatic carbocycles. The van der Waals surface area contributed by atoms with Gasteiger partial charge < -0.3 is 10.2 Å². The first-order valence-electron chi connectivity index (χ1n) is 6.19. The van der Waals surface area contributed by atoms with Crippen molar-refractivity contribution in [1.29, 1.82) is 0 Å². The summed E-state index contributed by atoms with van der Waals surface area (Å²) in [6.07, 6.45) is 3.04. The Hall–Kier alpha value is -1.03. The minimum Gasteiger partial charge on any atom is -0.381 e. The molecular weight excluding hydrogens is 200 g/mol. The Morgan fingerprint density at radius 2 is 2.00 bits per heavy atom. The summed E-state index contributed by atoms with van der Waals surface area (Å²) < 4.78 is 1.87. The largest absolute Gasteiger partial charge is 0.381 e. The van der Waals surface area contributed by atoms with Crippen LogP contribution in [0.1, 0.15) is 26.5 Å². The molecule has 0 radical (unpaired) electrons. The van der Waals surface area contributed by atoms with Gasteiger partial charge in [-0.15, -0.1) is 0 Å². The Bertz CT molecular complexity index is 302. The van der Waals surface area contributed by atoms with Crippen LogP contribution in [0.2, 0.25) is 0 Å². The van der Waals surface area contributed by atoms with Crippen molar-refractivity contribution >= 4 is 5.69 Å². The molecule has 0 saturated carbocycles. The summed E-state index contributed by atoms with van der Waals surface area (Å²) in [5, 5.41) is 7.87. The van der Waals surface area contributed by atoms with Gasteiger partial charge in [-0.2, -0.15) is 5.10 Å². The van der Waals surface area contributed by atoms with Gasteiger partial charge in [0.1, 0.15) is 0 Å². The van der Waals surface area contributed by atoms with E-state index >= 15 is 0 Å². The molecule has 0 atom stereocenters. The maximum Gasteiger partial charge on any atom is 0.0853 e. The van der Waals surface area contributed by atoms with Crippen LogP contribution in [0.5, 0.6) is 0 Å². The maximum atomic E-state index is 4.41. The Labute approximate surface area is 98.6 Å². The highest BCUT2D eigenvalue weighted by Gasteiger charge is 2.05. The minimum absolute atomic E-state index is 0.981. The highest BCUT2D eigenvalue weighted by atomic mass is 15.3. The van der Waals surface area contributed by atoms with Gasteiger partial charge in [0.25, 0.3) is 0 Å². The van der Waals surface area contributed by atoms with E-state index in [9.17, 15) is 0 Å². The van der Waals surface area contributed by atoms with Crippen molar-refractivity contribution in [3.63, 3.8) is 0 Å². The third-order valence-corrected chi connectivity index (χ3v) is 2.88. The molecule has 4 heteroatoms. The van der Waals surface area contributed by atoms with Crippen molar-refractivity contribution in [2.24, 2.45) is 7.05 Å². The van der Waals surface area contributed by atoms with Gasteiger partial charge in [0, 0.05) is 26.3 Å². The zero-order chi connectivity index (χ0) is 12.0. The number of aromatic nitrogens is 2. The summed E-state index contributed by atoms with van der Waals surface area (Å²) in [7, 11) is 1.97. The Balaban J connectivity index is 2.41. The summed E-state index contributed by atoms with van der Waals surface area (Å²) in [6, 6.07) is 0. The van der Waals surface area contributed by atoms with Crippen molar-refractivity contribution in [3.05, 3.63) is 11.9 Å². The van der Waals surface area contributed by atoms with Gasteiger partial charge in [-0.05, 0) is 19.5 Å². The summed E-state index contributed by atoms with van der Waals surface area (Å²) in [4.78, 5) is 2.41. The monoisotopic (exact) mass is 224 g/mol. The molecule has 1 rings (SSSR count). The Morgan fingerprint density at radius 1 is 1.31 bits per heavy atom. The molecule has 0 bridgehead atoms. The highest BCUT2D eigenvalue weighted by Crippen LogP contribution is 2.12. The molecule has 92 valence electrons. The van der Waals surface area contributed by atoms with Crippen molar-refractivity contribution in [3.8, 4) is 0 Å². The van der Waals surface area contributed by atoms with E-state index in [-0.39, 0.29) is 0 Å². The fourth-order valence-electron chi connectivity index (χ4n) is 1.83. The van der Waals surface area contributed by atoms with Gasteiger partial charge in [0.15, 0.2) is 0 Å². The van der Waals surface area contributed by atoms with Crippen LogP contribution in [-0.2, 0) is 13.5 Å². The van der Waals surface area contributed by atoms with Crippen molar-refractivity contribution in [2.75, 3.05) is 31.5 Å². The number of likely N-dealkylation sites (N-methyl/N-ethyl adjacent to an activating group) is 1. The molecule has 0 spiro atoms. The molecule has 0 saturated heterocycles. The zero-order valence-corrected chi connectivity index (χ0v) is 11.0. The minimum atomic E-state index is 0.981. The standard InChI is InChI=1S/C12H24N4/c1-5-11-12(10-15(4)14-11)13-8-9-16(6-2)7-3/h10,13H,5-9H2,1-4H3. The van der Waals surface area contributed by atoms with Crippen LogP contribution in [0.3, 0.4) is 0 Å². The molecule has 0 amide bonds. The van der Waals surface area contributed by atoms with E-state index in [1.54, 1.807) is 0 Å². The van der Waals surface area contributed by atoms with Crippen LogP contribution < -0.4 is 5.32 Å². The normalized spacial score (nSPS) is 11.1. The fourth-order valence-corrected chi connectivity index (χ4v) is 1.83. The van der Waals surface area contributed by atoms with Gasteiger partial charge in [0.2, 0.25) is 0 Å². The van der Waals surface area contributed by atoms with E-state index in [4.69, 9.17) is 0 Å². The molecule has 16 heavy (non-hydrogen) atoms. The lowest BCUT2D eigenvalue weighted by Gasteiger charge is -2.18. The Morgan fingerprint density at radius 3 is 2.56 bits per heavy atom. The molecule has 0 aliphatic carbocycles. The summed E-state index contributed by atoms with van der Waals surface area (Å²) in [5.41, 5.74) is 2.33. The van der Waals surface area contributed by atoms with Crippen LogP contribution in [0.4, 0.5) is 5.69 Å². The van der Waals surface area contributed by atoms with Crippen LogP contribution in [0, 0.1) is 0 Å². The number of nitrogens with zero attached hydrogens (tertiary/aromatic N) is 3. The number of anilines is 1. The maximum absolute atomic E-state index is 4.41. The Kier molecular flexibility index (Phi) is 5.32. The lowest BCUT2D eigenvalue weighted by atomic mass is 10.3. The first kappa shape index (κ1) is 13.0. The lowest BCUT2D eigenvalue weighted by molar-refractivity contribution is 0.316. The van der Waals surface area contributed by atoms with Gasteiger partial charge in [-0.3, -0.25) is 4.68 Å². The molecule has 0 aliphatic rings. The third-order valence-electron chi connectivity index (χ3n) is 2.88. The van der Waals surface area contributed by atoms with Crippen molar-refractivity contribution in [1.82, 2.24) is 14.7 Å². The SMILES string of the molecule is CCc1nn(C)cc1NCCN(CC)CC. The van der Waals surface area contributed by atoms with E-state index in [0.717, 1.165) is 38.3 Å². The number of nitrogens with one attached hydrogen (secondary N) is 1. The molecule has 1 N–H and O–H groups in total. The summed E-state index contributed by atoms with van der Waals surface area (Å²) in [6.45, 7) is 10.8. The second-order valence-electron chi connectivity index (χ2n) is 3.97. The number of hydrogen-bond acceptors (Lipinski definition) is 3. The number of aryl methyl sites for hydroxylation is 2. The first-order valence-corrected chi connectivity index (χ1v) is 6.19. The molecule has 0 aliphatic heterocycles. The fraction of sp³-hybridized carbons (Fsp3) is 0.750. The summed E-state index contributed by atoms with van der Waals surface area (Å²) in [5.74, 6) is 0. The molecule has 4 nitrogen and oxygen atoms in total. The average Bonchev–Trinajstić information content (AvgIpc) is 2.65. The van der Waals surface area contributed by atoms with Gasteiger partial charge >= 0.3 is 0 Å². The van der Waals surface area contributed by atoms with E-state index in [2.05, 4.69) is 42.3 Å². The van der Waals surface area contributed by atoms with Gasteiger partial charge in [0.05, 0.1) is 11.4 Å². The average molecular weight is 224 g/mol. The zero-order valence-electron chi connectivity index (χ0n) is 11.0. The van der Waals surface area contributed by atoms with E-state index in [0.29, 0.717) is 0 Å². The van der Waals surface area contributed by atoms with Crippen LogP contribution in [0.25, 0.3) is 0 Å². The number of rotatable bonds is 7. The molecule has 0 fully saturated rings. The quantitative estimate of drug-likeness (QED) is 0.766. The van der Waals surface area contributed by atoms with Crippen LogP contribution in [0.15, 0.2) is 6.20 Å². The predicted octanol–water partition coefficient (Wildman–Crippen LogP) is 1.74.